The lowest BCUT2D eigenvalue weighted by atomic mass is 10.1. The predicted octanol–water partition coefficient (Wildman–Crippen LogP) is 1.53. The first-order valence-corrected chi connectivity index (χ1v) is 5.32. The highest BCUT2D eigenvalue weighted by Crippen LogP contribution is 2.29. The molecule has 0 heterocycles. The van der Waals surface area contributed by atoms with Crippen molar-refractivity contribution in [3.63, 3.8) is 0 Å². The second-order valence-electron chi connectivity index (χ2n) is 3.63. The van der Waals surface area contributed by atoms with Gasteiger partial charge in [0.25, 0.3) is 12.1 Å². The smallest absolute Gasteiger partial charge is 0.292 e. The molecule has 1 aromatic rings. The second kappa shape index (κ2) is 6.61. The lowest BCUT2D eigenvalue weighted by Gasteiger charge is -2.23. The summed E-state index contributed by atoms with van der Waals surface area (Å²) in [5.74, 6) is 0. The Kier molecular flexibility index (Phi) is 5.14. The number of rotatable bonds is 6. The zero-order valence-corrected chi connectivity index (χ0v) is 9.79. The number of nitriles is 1. The van der Waals surface area contributed by atoms with Gasteiger partial charge < -0.3 is 10.0 Å². The summed E-state index contributed by atoms with van der Waals surface area (Å²) >= 11 is 0. The first-order valence-electron chi connectivity index (χ1n) is 5.32. The Morgan fingerprint density at radius 2 is 2.21 bits per heavy atom. The lowest BCUT2D eigenvalue weighted by Crippen LogP contribution is -2.32. The standard InChI is InChI=1S/C11H11F2N3O3/c12-11(13)7-15(3-4-17)10-5-8(6-14)1-2-9(10)16(18)19/h1-2,5,11,17H,3-4,7H2. The molecule has 0 aliphatic rings. The van der Waals surface area contributed by atoms with Crippen molar-refractivity contribution in [2.24, 2.45) is 0 Å². The van der Waals surface area contributed by atoms with Crippen LogP contribution in [0.2, 0.25) is 0 Å². The fourth-order valence-electron chi connectivity index (χ4n) is 1.60. The number of nitro benzene ring substituents is 1. The zero-order chi connectivity index (χ0) is 14.4. The first kappa shape index (κ1) is 14.8. The number of aliphatic hydroxyl groups excluding tert-OH is 1. The van der Waals surface area contributed by atoms with Gasteiger partial charge in [-0.05, 0) is 12.1 Å². The number of aliphatic hydroxyl groups is 1. The van der Waals surface area contributed by atoms with Gasteiger partial charge in [0.1, 0.15) is 5.69 Å². The fraction of sp³-hybridized carbons (Fsp3) is 0.364. The molecule has 1 N–H and O–H groups in total. The van der Waals surface area contributed by atoms with Gasteiger partial charge in [-0.15, -0.1) is 0 Å². The molecule has 0 amide bonds. The van der Waals surface area contributed by atoms with E-state index in [1.165, 1.54) is 6.07 Å². The van der Waals surface area contributed by atoms with Gasteiger partial charge >= 0.3 is 0 Å². The Bertz CT molecular complexity index is 502. The summed E-state index contributed by atoms with van der Waals surface area (Å²) < 4.78 is 24.9. The van der Waals surface area contributed by atoms with Gasteiger partial charge in [0.15, 0.2) is 0 Å². The van der Waals surface area contributed by atoms with Crippen molar-refractivity contribution in [1.82, 2.24) is 0 Å². The van der Waals surface area contributed by atoms with Crippen molar-refractivity contribution in [2.45, 2.75) is 6.43 Å². The normalized spacial score (nSPS) is 10.3. The Hall–Kier alpha value is -2.27. The van der Waals surface area contributed by atoms with Crippen LogP contribution in [0.3, 0.4) is 0 Å². The van der Waals surface area contributed by atoms with Gasteiger partial charge in [-0.2, -0.15) is 5.26 Å². The molecule has 8 heteroatoms. The van der Waals surface area contributed by atoms with Crippen LogP contribution in [0, 0.1) is 21.4 Å². The maximum Gasteiger partial charge on any atom is 0.292 e. The molecule has 0 spiro atoms. The maximum absolute atomic E-state index is 12.5. The molecular formula is C11H11F2N3O3. The van der Waals surface area contributed by atoms with E-state index >= 15 is 0 Å². The molecule has 0 unspecified atom stereocenters. The van der Waals surface area contributed by atoms with E-state index in [1.54, 1.807) is 6.07 Å². The number of alkyl halides is 2. The molecule has 0 atom stereocenters. The summed E-state index contributed by atoms with van der Waals surface area (Å²) in [4.78, 5) is 11.1. The van der Waals surface area contributed by atoms with Crippen LogP contribution in [-0.2, 0) is 0 Å². The van der Waals surface area contributed by atoms with Crippen molar-refractivity contribution in [3.05, 3.63) is 33.9 Å². The molecular weight excluding hydrogens is 260 g/mol. The quantitative estimate of drug-likeness (QED) is 0.626. The average Bonchev–Trinajstić information content (AvgIpc) is 2.36. The Labute approximate surface area is 107 Å². The minimum absolute atomic E-state index is 0.0987. The summed E-state index contributed by atoms with van der Waals surface area (Å²) in [7, 11) is 0. The summed E-state index contributed by atoms with van der Waals surface area (Å²) in [6.45, 7) is -1.36. The Balaban J connectivity index is 3.25. The van der Waals surface area contributed by atoms with E-state index < -0.39 is 24.5 Å². The van der Waals surface area contributed by atoms with E-state index in [-0.39, 0.29) is 23.5 Å². The van der Waals surface area contributed by atoms with E-state index in [9.17, 15) is 18.9 Å². The van der Waals surface area contributed by atoms with Crippen molar-refractivity contribution in [1.29, 1.82) is 5.26 Å². The maximum atomic E-state index is 12.5. The van der Waals surface area contributed by atoms with Gasteiger partial charge in [0, 0.05) is 12.6 Å². The van der Waals surface area contributed by atoms with E-state index in [4.69, 9.17) is 10.4 Å². The van der Waals surface area contributed by atoms with Gasteiger partial charge in [-0.25, -0.2) is 8.78 Å². The van der Waals surface area contributed by atoms with Crippen LogP contribution >= 0.6 is 0 Å². The number of benzene rings is 1. The first-order chi connectivity index (χ1) is 8.99. The number of nitro groups is 1. The SMILES string of the molecule is N#Cc1ccc([N+](=O)[O-])c(N(CCO)CC(F)F)c1. The molecule has 0 radical (unpaired) electrons. The molecule has 6 nitrogen and oxygen atoms in total. The Morgan fingerprint density at radius 3 is 2.68 bits per heavy atom. The van der Waals surface area contributed by atoms with Crippen molar-refractivity contribution < 1.29 is 18.8 Å². The highest BCUT2D eigenvalue weighted by atomic mass is 19.3. The summed E-state index contributed by atoms with van der Waals surface area (Å²) in [6, 6.07) is 5.27. The molecule has 19 heavy (non-hydrogen) atoms. The molecule has 0 bridgehead atoms. The molecule has 0 aliphatic heterocycles. The summed E-state index contributed by atoms with van der Waals surface area (Å²) in [5, 5.41) is 28.5. The molecule has 0 saturated carbocycles. The lowest BCUT2D eigenvalue weighted by molar-refractivity contribution is -0.384. The zero-order valence-electron chi connectivity index (χ0n) is 9.79. The van der Waals surface area contributed by atoms with Crippen LogP contribution in [0.25, 0.3) is 0 Å². The van der Waals surface area contributed by atoms with E-state index in [1.807, 2.05) is 0 Å². The number of halogens is 2. The number of nitrogens with zero attached hydrogens (tertiary/aromatic N) is 3. The van der Waals surface area contributed by atoms with Crippen LogP contribution in [-0.4, -0.2) is 36.2 Å². The van der Waals surface area contributed by atoms with Gasteiger partial charge in [0.05, 0.1) is 29.7 Å². The Morgan fingerprint density at radius 1 is 1.53 bits per heavy atom. The number of anilines is 1. The fourth-order valence-corrected chi connectivity index (χ4v) is 1.60. The van der Waals surface area contributed by atoms with Gasteiger partial charge in [-0.1, -0.05) is 0 Å². The average molecular weight is 271 g/mol. The van der Waals surface area contributed by atoms with E-state index in [2.05, 4.69) is 0 Å². The number of hydrogen-bond donors (Lipinski definition) is 1. The molecule has 0 aliphatic carbocycles. The van der Waals surface area contributed by atoms with Crippen molar-refractivity contribution >= 4 is 11.4 Å². The molecule has 102 valence electrons. The van der Waals surface area contributed by atoms with Crippen LogP contribution in [0.1, 0.15) is 5.56 Å². The molecule has 0 fully saturated rings. The monoisotopic (exact) mass is 271 g/mol. The molecule has 1 aromatic carbocycles. The summed E-state index contributed by atoms with van der Waals surface area (Å²) in [6.07, 6.45) is -2.71. The van der Waals surface area contributed by atoms with Crippen LogP contribution < -0.4 is 4.90 Å². The third-order valence-electron chi connectivity index (χ3n) is 2.37. The van der Waals surface area contributed by atoms with Crippen LogP contribution in [0.4, 0.5) is 20.2 Å². The third kappa shape index (κ3) is 3.86. The summed E-state index contributed by atoms with van der Waals surface area (Å²) in [5.41, 5.74) is -0.357. The minimum Gasteiger partial charge on any atom is -0.395 e. The molecule has 1 rings (SSSR count). The van der Waals surface area contributed by atoms with Gasteiger partial charge in [-0.3, -0.25) is 10.1 Å². The highest BCUT2D eigenvalue weighted by molar-refractivity contribution is 5.66. The van der Waals surface area contributed by atoms with Gasteiger partial charge in [0.2, 0.25) is 0 Å². The highest BCUT2D eigenvalue weighted by Gasteiger charge is 2.22. The largest absolute Gasteiger partial charge is 0.395 e. The molecule has 0 aromatic heterocycles. The van der Waals surface area contributed by atoms with E-state index in [0.717, 1.165) is 17.0 Å². The van der Waals surface area contributed by atoms with Crippen LogP contribution in [0.15, 0.2) is 18.2 Å². The molecule has 0 saturated heterocycles. The van der Waals surface area contributed by atoms with Crippen molar-refractivity contribution in [2.75, 3.05) is 24.6 Å². The van der Waals surface area contributed by atoms with E-state index in [0.29, 0.717) is 0 Å². The van der Waals surface area contributed by atoms with Crippen LogP contribution in [0.5, 0.6) is 0 Å². The number of hydrogen-bond acceptors (Lipinski definition) is 5. The second-order valence-corrected chi connectivity index (χ2v) is 3.63. The topological polar surface area (TPSA) is 90.4 Å². The van der Waals surface area contributed by atoms with Crippen molar-refractivity contribution in [3.8, 4) is 6.07 Å². The minimum atomic E-state index is -2.71. The third-order valence-corrected chi connectivity index (χ3v) is 2.37. The predicted molar refractivity (Wildman–Crippen MR) is 63.1 cm³/mol.